The predicted octanol–water partition coefficient (Wildman–Crippen LogP) is 3.76. The summed E-state index contributed by atoms with van der Waals surface area (Å²) in [5.74, 6) is -3.36. The Bertz CT molecular complexity index is 1200. The standard InChI is InChI=1S/C22H22FN3O3.C2HF3O2/c1-28-19-11-17(23)7-8-18(19)22(27)24-12-20-21-16(9-10-29-20)14-26(25-21)13-15-5-3-2-4-6-15;3-2(4,5)1(6)7/h2-8,11,14,20H,9-10,12-13H2,1H3,(H,24,27);(H,6,7). The van der Waals surface area contributed by atoms with Crippen molar-refractivity contribution in [3.05, 3.63) is 82.9 Å². The first kappa shape index (κ1) is 26.7. The molecule has 12 heteroatoms. The second kappa shape index (κ2) is 11.7. The molecule has 1 unspecified atom stereocenters. The lowest BCUT2D eigenvalue weighted by Gasteiger charge is -2.22. The lowest BCUT2D eigenvalue weighted by molar-refractivity contribution is -0.192. The Labute approximate surface area is 203 Å². The van der Waals surface area contributed by atoms with Crippen LogP contribution in [0.3, 0.4) is 0 Å². The van der Waals surface area contributed by atoms with Gasteiger partial charge < -0.3 is 19.9 Å². The van der Waals surface area contributed by atoms with Crippen LogP contribution in [-0.2, 0) is 22.5 Å². The number of nitrogens with one attached hydrogen (secondary N) is 1. The minimum absolute atomic E-state index is 0.194. The monoisotopic (exact) mass is 509 g/mol. The van der Waals surface area contributed by atoms with Gasteiger partial charge in [-0.05, 0) is 29.7 Å². The Kier molecular flexibility index (Phi) is 8.64. The van der Waals surface area contributed by atoms with E-state index in [0.29, 0.717) is 13.2 Å². The minimum atomic E-state index is -5.08. The normalized spacial score (nSPS) is 14.8. The third-order valence-electron chi connectivity index (χ3n) is 5.15. The van der Waals surface area contributed by atoms with E-state index in [4.69, 9.17) is 19.4 Å². The molecule has 0 fully saturated rings. The van der Waals surface area contributed by atoms with Crippen molar-refractivity contribution in [2.45, 2.75) is 25.2 Å². The SMILES string of the molecule is COc1cc(F)ccc1C(=O)NCC1OCCc2cn(Cc3ccccc3)nc21.O=C(O)C(F)(F)F. The van der Waals surface area contributed by atoms with E-state index in [1.165, 1.54) is 30.9 Å². The molecule has 3 aromatic rings. The number of carboxylic acid groups (broad SMARTS) is 1. The first-order chi connectivity index (χ1) is 17.1. The van der Waals surface area contributed by atoms with Gasteiger partial charge >= 0.3 is 12.1 Å². The van der Waals surface area contributed by atoms with Crippen molar-refractivity contribution >= 4 is 11.9 Å². The highest BCUT2D eigenvalue weighted by molar-refractivity contribution is 5.96. The summed E-state index contributed by atoms with van der Waals surface area (Å²) in [6.45, 7) is 1.53. The van der Waals surface area contributed by atoms with Crippen molar-refractivity contribution in [1.82, 2.24) is 15.1 Å². The number of halogens is 4. The third kappa shape index (κ3) is 7.04. The number of amides is 1. The van der Waals surface area contributed by atoms with Crippen LogP contribution in [0.1, 0.15) is 33.3 Å². The van der Waals surface area contributed by atoms with E-state index in [-0.39, 0.29) is 29.9 Å². The van der Waals surface area contributed by atoms with Gasteiger partial charge in [0, 0.05) is 18.8 Å². The number of hydrogen-bond acceptors (Lipinski definition) is 5. The molecule has 1 atom stereocenters. The van der Waals surface area contributed by atoms with Crippen LogP contribution in [0.15, 0.2) is 54.7 Å². The molecular weight excluding hydrogens is 486 g/mol. The van der Waals surface area contributed by atoms with Gasteiger partial charge in [-0.3, -0.25) is 9.48 Å². The van der Waals surface area contributed by atoms with Gasteiger partial charge in [0.15, 0.2) is 0 Å². The number of carbonyl (C=O) groups excluding carboxylic acids is 1. The molecule has 0 radical (unpaired) electrons. The van der Waals surface area contributed by atoms with Crippen LogP contribution < -0.4 is 10.1 Å². The minimum Gasteiger partial charge on any atom is -0.496 e. The van der Waals surface area contributed by atoms with Crippen molar-refractivity contribution in [3.63, 3.8) is 0 Å². The third-order valence-corrected chi connectivity index (χ3v) is 5.15. The molecule has 0 spiro atoms. The number of hydrogen-bond donors (Lipinski definition) is 2. The molecule has 0 bridgehead atoms. The molecule has 1 amide bonds. The van der Waals surface area contributed by atoms with Gasteiger partial charge in [-0.1, -0.05) is 30.3 Å². The van der Waals surface area contributed by atoms with Gasteiger partial charge in [-0.15, -0.1) is 0 Å². The number of rotatable bonds is 6. The summed E-state index contributed by atoms with van der Waals surface area (Å²) in [5, 5.41) is 14.7. The number of aliphatic carboxylic acids is 1. The topological polar surface area (TPSA) is 103 Å². The maximum atomic E-state index is 13.4. The molecule has 2 heterocycles. The maximum Gasteiger partial charge on any atom is 0.490 e. The van der Waals surface area contributed by atoms with E-state index in [1.807, 2.05) is 29.1 Å². The average molecular weight is 509 g/mol. The first-order valence-electron chi connectivity index (χ1n) is 10.7. The predicted molar refractivity (Wildman–Crippen MR) is 119 cm³/mol. The summed E-state index contributed by atoms with van der Waals surface area (Å²) in [7, 11) is 1.40. The Balaban J connectivity index is 0.000000454. The molecule has 2 N–H and O–H groups in total. The molecule has 8 nitrogen and oxygen atoms in total. The van der Waals surface area contributed by atoms with Gasteiger partial charge in [0.05, 0.1) is 31.5 Å². The fraction of sp³-hybridized carbons (Fsp3) is 0.292. The highest BCUT2D eigenvalue weighted by atomic mass is 19.4. The summed E-state index contributed by atoms with van der Waals surface area (Å²) < 4.78 is 58.0. The fourth-order valence-corrected chi connectivity index (χ4v) is 3.47. The molecule has 36 heavy (non-hydrogen) atoms. The van der Waals surface area contributed by atoms with E-state index in [1.54, 1.807) is 0 Å². The van der Waals surface area contributed by atoms with E-state index < -0.39 is 18.0 Å². The van der Waals surface area contributed by atoms with Crippen molar-refractivity contribution in [1.29, 1.82) is 0 Å². The molecule has 2 aromatic carbocycles. The number of methoxy groups -OCH3 is 1. The van der Waals surface area contributed by atoms with E-state index in [2.05, 4.69) is 22.5 Å². The number of fused-ring (bicyclic) bond motifs is 1. The zero-order chi connectivity index (χ0) is 26.3. The van der Waals surface area contributed by atoms with Gasteiger partial charge in [-0.25, -0.2) is 9.18 Å². The fourth-order valence-electron chi connectivity index (χ4n) is 3.47. The molecule has 1 aromatic heterocycles. The summed E-state index contributed by atoms with van der Waals surface area (Å²) >= 11 is 0. The number of carboxylic acids is 1. The molecular formula is C24H23F4N3O5. The number of aromatic nitrogens is 2. The summed E-state index contributed by atoms with van der Waals surface area (Å²) in [6.07, 6.45) is -2.57. The molecule has 0 saturated carbocycles. The average Bonchev–Trinajstić information content (AvgIpc) is 3.25. The van der Waals surface area contributed by atoms with Crippen molar-refractivity contribution < 1.29 is 41.7 Å². The number of benzene rings is 2. The number of carbonyl (C=O) groups is 2. The smallest absolute Gasteiger partial charge is 0.490 e. The summed E-state index contributed by atoms with van der Waals surface area (Å²) in [5.41, 5.74) is 3.42. The zero-order valence-corrected chi connectivity index (χ0v) is 19.1. The molecule has 0 saturated heterocycles. The Morgan fingerprint density at radius 2 is 1.92 bits per heavy atom. The zero-order valence-electron chi connectivity index (χ0n) is 19.1. The Morgan fingerprint density at radius 1 is 1.22 bits per heavy atom. The van der Waals surface area contributed by atoms with Gasteiger partial charge in [0.2, 0.25) is 0 Å². The van der Waals surface area contributed by atoms with Crippen LogP contribution in [0.4, 0.5) is 17.6 Å². The van der Waals surface area contributed by atoms with Gasteiger partial charge in [0.25, 0.3) is 5.91 Å². The lowest BCUT2D eigenvalue weighted by atomic mass is 10.1. The van der Waals surface area contributed by atoms with Crippen LogP contribution in [0.5, 0.6) is 5.75 Å². The largest absolute Gasteiger partial charge is 0.496 e. The van der Waals surface area contributed by atoms with Crippen molar-refractivity contribution in [2.75, 3.05) is 20.3 Å². The number of ether oxygens (including phenoxy) is 2. The molecule has 4 rings (SSSR count). The maximum absolute atomic E-state index is 13.4. The molecule has 192 valence electrons. The van der Waals surface area contributed by atoms with Crippen LogP contribution >= 0.6 is 0 Å². The van der Waals surface area contributed by atoms with E-state index >= 15 is 0 Å². The second-order valence-electron chi connectivity index (χ2n) is 7.69. The van der Waals surface area contributed by atoms with E-state index in [9.17, 15) is 22.4 Å². The highest BCUT2D eigenvalue weighted by Gasteiger charge is 2.38. The van der Waals surface area contributed by atoms with Crippen molar-refractivity contribution in [2.24, 2.45) is 0 Å². The van der Waals surface area contributed by atoms with Crippen LogP contribution in [0, 0.1) is 5.82 Å². The van der Waals surface area contributed by atoms with Crippen LogP contribution in [0.25, 0.3) is 0 Å². The number of nitrogens with zero attached hydrogens (tertiary/aromatic N) is 2. The van der Waals surface area contributed by atoms with E-state index in [0.717, 1.165) is 17.7 Å². The number of alkyl halides is 3. The molecule has 1 aliphatic rings. The quantitative estimate of drug-likeness (QED) is 0.491. The van der Waals surface area contributed by atoms with Crippen molar-refractivity contribution in [3.8, 4) is 5.75 Å². The van der Waals surface area contributed by atoms with Gasteiger partial charge in [-0.2, -0.15) is 18.3 Å². The van der Waals surface area contributed by atoms with Crippen LogP contribution in [-0.4, -0.2) is 53.2 Å². The first-order valence-corrected chi connectivity index (χ1v) is 10.7. The molecule has 0 aliphatic carbocycles. The highest BCUT2D eigenvalue weighted by Crippen LogP contribution is 2.26. The lowest BCUT2D eigenvalue weighted by Crippen LogP contribution is -2.32. The summed E-state index contributed by atoms with van der Waals surface area (Å²) in [4.78, 5) is 21.4. The van der Waals surface area contributed by atoms with Gasteiger partial charge in [0.1, 0.15) is 17.7 Å². The summed E-state index contributed by atoms with van der Waals surface area (Å²) in [6, 6.07) is 13.9. The van der Waals surface area contributed by atoms with Crippen LogP contribution in [0.2, 0.25) is 0 Å². The second-order valence-corrected chi connectivity index (χ2v) is 7.69. The Hall–Kier alpha value is -3.93. The molecule has 1 aliphatic heterocycles. The Morgan fingerprint density at radius 3 is 2.56 bits per heavy atom.